The van der Waals surface area contributed by atoms with E-state index in [1.54, 1.807) is 12.1 Å². The van der Waals surface area contributed by atoms with Gasteiger partial charge in [0.2, 0.25) is 17.8 Å². The van der Waals surface area contributed by atoms with Crippen LogP contribution in [0.4, 0.5) is 23.1 Å². The molecule has 7 heterocycles. The number of nitrogens with zero attached hydrogens (tertiary/aromatic N) is 8. The number of fused-ring (bicyclic) bond motifs is 3. The molecule has 0 spiro atoms. The summed E-state index contributed by atoms with van der Waals surface area (Å²) in [7, 11) is 0. The molecule has 5 aliphatic heterocycles. The Morgan fingerprint density at radius 3 is 2.28 bits per heavy atom. The van der Waals surface area contributed by atoms with Crippen molar-refractivity contribution in [3.63, 3.8) is 0 Å². The maximum atomic E-state index is 11.8. The fourth-order valence-corrected chi connectivity index (χ4v) is 10.3. The molecule has 2 bridgehead atoms. The van der Waals surface area contributed by atoms with Crippen LogP contribution in [0.15, 0.2) is 66.9 Å². The third-order valence-corrected chi connectivity index (χ3v) is 13.2. The van der Waals surface area contributed by atoms with Crippen LogP contribution in [0.3, 0.4) is 0 Å². The number of benzene rings is 2. The zero-order valence-electron chi connectivity index (χ0n) is 32.7. The smallest absolute Gasteiger partial charge is 0.249 e. The molecule has 4 saturated heterocycles. The summed E-state index contributed by atoms with van der Waals surface area (Å²) in [5, 5.41) is 21.3. The lowest BCUT2D eigenvalue weighted by molar-refractivity contribution is -0.134. The SMILES string of the molecule is Nc1nnc(-c2ccccc2O)cc1N1CC2CCC(C1)N2c1nccc(C2CCN(C3CCCCC3)CC2)n1.O=C1CCC(N2CCc3ccccc32)C(=O)N1. The minimum atomic E-state index is -0.184. The molecule has 0 radical (unpaired) electrons. The zero-order valence-corrected chi connectivity index (χ0v) is 32.7. The summed E-state index contributed by atoms with van der Waals surface area (Å²) in [6.07, 6.45) is 15.6. The molecule has 4 aromatic rings. The highest BCUT2D eigenvalue weighted by Gasteiger charge is 2.42. The number of imide groups is 1. The summed E-state index contributed by atoms with van der Waals surface area (Å²) in [6, 6.07) is 20.7. The number of anilines is 4. The Labute approximate surface area is 334 Å². The number of nitrogen functional groups attached to an aromatic ring is 1. The number of hydrogen-bond donors (Lipinski definition) is 3. The standard InChI is InChI=1S/C31H40N8O.C13H14N2O2/c32-30-28(18-27(35-36-30)25-8-4-5-9-29(25)40)38-19-23-10-11-24(20-38)39(23)31-33-15-12-26(34-31)21-13-16-37(17-14-21)22-6-2-1-3-7-22;16-12-6-5-11(13(17)14-12)15-8-7-9-3-1-2-4-10(9)15/h4-5,8-9,12,15,18,21-24,40H,1-3,6-7,10-11,13-14,16-17,19-20H2,(H2,32,36);1-4,11H,5-8H2,(H,14,16,17). The maximum Gasteiger partial charge on any atom is 0.249 e. The fraction of sp³-hybridized carbons (Fsp3) is 0.500. The average Bonchev–Trinajstić information content (AvgIpc) is 3.79. The van der Waals surface area contributed by atoms with Crippen LogP contribution in [0.2, 0.25) is 0 Å². The maximum absolute atomic E-state index is 11.8. The molecular formula is C44H54N10O3. The summed E-state index contributed by atoms with van der Waals surface area (Å²) in [5.41, 5.74) is 12.1. The van der Waals surface area contributed by atoms with E-state index >= 15 is 0 Å². The van der Waals surface area contributed by atoms with Crippen molar-refractivity contribution in [3.8, 4) is 17.0 Å². The molecule has 13 nitrogen and oxygen atoms in total. The monoisotopic (exact) mass is 770 g/mol. The molecule has 5 fully saturated rings. The summed E-state index contributed by atoms with van der Waals surface area (Å²) < 4.78 is 0. The number of para-hydroxylation sites is 2. The lowest BCUT2D eigenvalue weighted by Crippen LogP contribution is -2.54. The van der Waals surface area contributed by atoms with Crippen molar-refractivity contribution in [2.24, 2.45) is 0 Å². The van der Waals surface area contributed by atoms with E-state index in [1.165, 1.54) is 69.3 Å². The van der Waals surface area contributed by atoms with Gasteiger partial charge in [-0.05, 0) is 100 Å². The molecular weight excluding hydrogens is 717 g/mol. The van der Waals surface area contributed by atoms with Crippen LogP contribution in [0, 0.1) is 0 Å². The largest absolute Gasteiger partial charge is 0.507 e. The summed E-state index contributed by atoms with van der Waals surface area (Å²) in [4.78, 5) is 42.6. The number of likely N-dealkylation sites (tertiary alicyclic amines) is 1. The van der Waals surface area contributed by atoms with Gasteiger partial charge in [-0.2, -0.15) is 0 Å². The van der Waals surface area contributed by atoms with Gasteiger partial charge in [-0.1, -0.05) is 49.6 Å². The van der Waals surface area contributed by atoms with Gasteiger partial charge in [0, 0.05) is 73.2 Å². The highest BCUT2D eigenvalue weighted by atomic mass is 16.3. The Kier molecular flexibility index (Phi) is 10.7. The Morgan fingerprint density at radius 1 is 0.754 bits per heavy atom. The number of piperazine rings is 1. The quantitative estimate of drug-likeness (QED) is 0.214. The molecule has 57 heavy (non-hydrogen) atoms. The number of phenolic OH excluding ortho intramolecular Hbond substituents is 1. The molecule has 10 rings (SSSR count). The first-order chi connectivity index (χ1) is 27.9. The number of piperidine rings is 2. The van der Waals surface area contributed by atoms with Crippen LogP contribution in [-0.4, -0.2) is 98.9 Å². The van der Waals surface area contributed by atoms with Crippen LogP contribution >= 0.6 is 0 Å². The first-order valence-corrected chi connectivity index (χ1v) is 21.1. The minimum absolute atomic E-state index is 0.154. The first-order valence-electron chi connectivity index (χ1n) is 21.1. The topological polar surface area (TPSA) is 157 Å². The molecule has 1 aliphatic carbocycles. The molecule has 3 unspecified atom stereocenters. The summed E-state index contributed by atoms with van der Waals surface area (Å²) >= 11 is 0. The number of nitrogens with one attached hydrogen (secondary N) is 1. The lowest BCUT2D eigenvalue weighted by atomic mass is 9.89. The van der Waals surface area contributed by atoms with E-state index < -0.39 is 0 Å². The van der Waals surface area contributed by atoms with Crippen LogP contribution in [-0.2, 0) is 16.0 Å². The van der Waals surface area contributed by atoms with Gasteiger partial charge in [-0.3, -0.25) is 14.9 Å². The second-order valence-electron chi connectivity index (χ2n) is 16.6. The molecule has 1 saturated carbocycles. The number of carbonyl (C=O) groups excluding carboxylic acids is 2. The third-order valence-electron chi connectivity index (χ3n) is 13.2. The van der Waals surface area contributed by atoms with Crippen LogP contribution < -0.4 is 25.8 Å². The van der Waals surface area contributed by atoms with Crippen molar-refractivity contribution in [3.05, 3.63) is 78.1 Å². The van der Waals surface area contributed by atoms with E-state index in [-0.39, 0.29) is 23.6 Å². The number of aromatic hydroxyl groups is 1. The van der Waals surface area contributed by atoms with Crippen molar-refractivity contribution in [1.82, 2.24) is 30.4 Å². The summed E-state index contributed by atoms with van der Waals surface area (Å²) in [5.74, 6) is 1.71. The fourth-order valence-electron chi connectivity index (χ4n) is 10.3. The number of hydrogen-bond acceptors (Lipinski definition) is 12. The predicted molar refractivity (Wildman–Crippen MR) is 221 cm³/mol. The predicted octanol–water partition coefficient (Wildman–Crippen LogP) is 5.45. The van der Waals surface area contributed by atoms with Crippen molar-refractivity contribution in [1.29, 1.82) is 0 Å². The number of amides is 2. The van der Waals surface area contributed by atoms with Crippen molar-refractivity contribution >= 4 is 35.0 Å². The Hall–Kier alpha value is -5.30. The second kappa shape index (κ2) is 16.3. The van der Waals surface area contributed by atoms with E-state index in [2.05, 4.69) is 47.2 Å². The highest BCUT2D eigenvalue weighted by Crippen LogP contribution is 2.39. The molecule has 2 amide bonds. The van der Waals surface area contributed by atoms with E-state index in [0.717, 1.165) is 62.3 Å². The van der Waals surface area contributed by atoms with Crippen molar-refractivity contribution < 1.29 is 14.7 Å². The average molecular weight is 771 g/mol. The zero-order chi connectivity index (χ0) is 38.9. The van der Waals surface area contributed by atoms with Gasteiger partial charge < -0.3 is 30.4 Å². The van der Waals surface area contributed by atoms with Gasteiger partial charge in [0.15, 0.2) is 5.82 Å². The van der Waals surface area contributed by atoms with E-state index in [1.807, 2.05) is 42.6 Å². The Balaban J connectivity index is 0.000000207. The van der Waals surface area contributed by atoms with E-state index in [9.17, 15) is 14.7 Å². The van der Waals surface area contributed by atoms with Crippen LogP contribution in [0.1, 0.15) is 87.8 Å². The van der Waals surface area contributed by atoms with E-state index in [4.69, 9.17) is 15.7 Å². The normalized spacial score (nSPS) is 24.2. The molecule has 6 aliphatic rings. The molecule has 4 N–H and O–H groups in total. The van der Waals surface area contributed by atoms with Gasteiger partial charge in [0.25, 0.3) is 0 Å². The lowest BCUT2D eigenvalue weighted by Gasteiger charge is -2.42. The highest BCUT2D eigenvalue weighted by molar-refractivity contribution is 6.02. The Morgan fingerprint density at radius 2 is 1.51 bits per heavy atom. The van der Waals surface area contributed by atoms with Gasteiger partial charge in [-0.25, -0.2) is 9.97 Å². The molecule has 2 aromatic carbocycles. The van der Waals surface area contributed by atoms with Crippen LogP contribution in [0.5, 0.6) is 5.75 Å². The number of aromatic nitrogens is 4. The minimum Gasteiger partial charge on any atom is -0.507 e. The van der Waals surface area contributed by atoms with Crippen LogP contribution in [0.25, 0.3) is 11.3 Å². The molecule has 298 valence electrons. The third kappa shape index (κ3) is 7.73. The summed E-state index contributed by atoms with van der Waals surface area (Å²) in [6.45, 7) is 4.93. The first kappa shape index (κ1) is 37.3. The van der Waals surface area contributed by atoms with Gasteiger partial charge in [0.1, 0.15) is 11.8 Å². The van der Waals surface area contributed by atoms with E-state index in [0.29, 0.717) is 47.9 Å². The Bertz CT molecular complexity index is 2070. The van der Waals surface area contributed by atoms with Gasteiger partial charge in [0.05, 0.1) is 11.4 Å². The number of carbonyl (C=O) groups is 2. The molecule has 3 atom stereocenters. The van der Waals surface area contributed by atoms with Crippen molar-refractivity contribution in [2.45, 2.75) is 107 Å². The molecule has 13 heteroatoms. The van der Waals surface area contributed by atoms with Gasteiger partial charge in [-0.15, -0.1) is 10.2 Å². The number of rotatable bonds is 6. The second-order valence-corrected chi connectivity index (χ2v) is 16.6. The van der Waals surface area contributed by atoms with Crippen molar-refractivity contribution in [2.75, 3.05) is 53.2 Å². The number of phenols is 1. The number of nitrogens with two attached hydrogens (primary N) is 1. The molecule has 2 aromatic heterocycles. The van der Waals surface area contributed by atoms with Gasteiger partial charge >= 0.3 is 0 Å².